The van der Waals surface area contributed by atoms with Crippen molar-refractivity contribution in [2.75, 3.05) is 0 Å². The van der Waals surface area contributed by atoms with Crippen LogP contribution in [-0.2, 0) is 4.12 Å². The summed E-state index contributed by atoms with van der Waals surface area (Å²) in [6.45, 7) is 6.47. The highest BCUT2D eigenvalue weighted by Gasteiger charge is 2.38. The van der Waals surface area contributed by atoms with Crippen molar-refractivity contribution in [2.45, 2.75) is 19.6 Å². The van der Waals surface area contributed by atoms with Gasteiger partial charge >= 0.3 is 7.63 Å². The Hall–Kier alpha value is -0.876. The van der Waals surface area contributed by atoms with Crippen LogP contribution in [0.4, 0.5) is 0 Å². The molecule has 0 saturated carbocycles. The third-order valence-electron chi connectivity index (χ3n) is 3.21. The fraction of sp³-hybridized carbons (Fsp3) is 0.200. The average Bonchev–Trinajstić information content (AvgIpc) is 2.40. The van der Waals surface area contributed by atoms with Crippen LogP contribution in [-0.4, -0.2) is 15.9 Å². The van der Waals surface area contributed by atoms with Crippen molar-refractivity contribution in [2.24, 2.45) is 0 Å². The van der Waals surface area contributed by atoms with Gasteiger partial charge in [-0.15, -0.1) is 11.1 Å². The molecule has 0 aromatic heterocycles. The molecule has 19 heavy (non-hydrogen) atoms. The molecule has 0 saturated heterocycles. The lowest BCUT2D eigenvalue weighted by atomic mass is 10.4. The Morgan fingerprint density at radius 2 is 1.16 bits per heavy atom. The molecule has 0 bridgehead atoms. The molecule has 0 aliphatic carbocycles. The highest BCUT2D eigenvalue weighted by atomic mass is 35.6. The van der Waals surface area contributed by atoms with Gasteiger partial charge in [-0.2, -0.15) is 0 Å². The maximum absolute atomic E-state index is 6.75. The molecule has 0 fully saturated rings. The van der Waals surface area contributed by atoms with Gasteiger partial charge < -0.3 is 4.12 Å². The summed E-state index contributed by atoms with van der Waals surface area (Å²) in [6.07, 6.45) is 0. The molecule has 0 amide bonds. The van der Waals surface area contributed by atoms with E-state index in [-0.39, 0.29) is 0 Å². The largest absolute Gasteiger partial charge is 0.438 e. The molecule has 0 spiro atoms. The van der Waals surface area contributed by atoms with E-state index < -0.39 is 15.9 Å². The summed E-state index contributed by atoms with van der Waals surface area (Å²) in [5.41, 5.74) is 0. The van der Waals surface area contributed by atoms with E-state index in [0.29, 0.717) is 0 Å². The normalized spacial score (nSPS) is 14.9. The summed E-state index contributed by atoms with van der Waals surface area (Å²) in [5, 5.41) is 2.42. The molecule has 4 heteroatoms. The predicted molar refractivity (Wildman–Crippen MR) is 88.2 cm³/mol. The van der Waals surface area contributed by atoms with Crippen LogP contribution in [0.25, 0.3) is 0 Å². The zero-order valence-corrected chi connectivity index (χ0v) is 14.3. The Bertz CT molecular complexity index is 477. The lowest BCUT2D eigenvalue weighted by Gasteiger charge is -2.32. The van der Waals surface area contributed by atoms with Crippen LogP contribution in [0.1, 0.15) is 0 Å². The Morgan fingerprint density at radius 1 is 0.737 bits per heavy atom. The molecule has 1 nitrogen and oxygen atoms in total. The second-order valence-corrected chi connectivity index (χ2v) is 14.3. The zero-order chi connectivity index (χ0) is 13.9. The summed E-state index contributed by atoms with van der Waals surface area (Å²) in [4.78, 5) is 0. The third kappa shape index (κ3) is 3.57. The number of halogens is 1. The summed E-state index contributed by atoms with van der Waals surface area (Å²) < 4.78 is 6.44. The highest BCUT2D eigenvalue weighted by molar-refractivity contribution is 7.25. The smallest absolute Gasteiger partial charge is 0.309 e. The molecule has 0 aliphatic rings. The van der Waals surface area contributed by atoms with Crippen molar-refractivity contribution in [3.8, 4) is 0 Å². The Kier molecular flexibility index (Phi) is 4.30. The fourth-order valence-corrected chi connectivity index (χ4v) is 10.8. The van der Waals surface area contributed by atoms with Crippen molar-refractivity contribution in [3.63, 3.8) is 0 Å². The molecular formula is C15H19ClOSi2. The van der Waals surface area contributed by atoms with Crippen molar-refractivity contribution >= 4 is 37.4 Å². The minimum absolute atomic E-state index is 1.13. The Morgan fingerprint density at radius 3 is 1.63 bits per heavy atom. The van der Waals surface area contributed by atoms with Crippen LogP contribution >= 0.6 is 11.1 Å². The van der Waals surface area contributed by atoms with Crippen molar-refractivity contribution in [1.29, 1.82) is 0 Å². The highest BCUT2D eigenvalue weighted by Crippen LogP contribution is 2.18. The molecule has 2 aromatic rings. The van der Waals surface area contributed by atoms with Gasteiger partial charge in [0.15, 0.2) is 0 Å². The maximum Gasteiger partial charge on any atom is 0.309 e. The molecule has 100 valence electrons. The summed E-state index contributed by atoms with van der Waals surface area (Å²) in [6, 6.07) is 20.6. The summed E-state index contributed by atoms with van der Waals surface area (Å²) in [5.74, 6) is 0. The van der Waals surface area contributed by atoms with Gasteiger partial charge in [0.05, 0.1) is 0 Å². The summed E-state index contributed by atoms with van der Waals surface area (Å²) >= 11 is 6.75. The molecule has 0 heterocycles. The van der Waals surface area contributed by atoms with Crippen molar-refractivity contribution in [3.05, 3.63) is 60.7 Å². The first kappa shape index (κ1) is 14.5. The number of benzene rings is 2. The van der Waals surface area contributed by atoms with Crippen LogP contribution in [0.15, 0.2) is 60.7 Å². The fourth-order valence-electron chi connectivity index (χ4n) is 2.17. The first-order chi connectivity index (χ1) is 8.92. The van der Waals surface area contributed by atoms with E-state index in [0.717, 1.165) is 5.19 Å². The molecule has 0 aliphatic heterocycles. The second kappa shape index (κ2) is 5.63. The van der Waals surface area contributed by atoms with E-state index in [1.807, 2.05) is 24.3 Å². The monoisotopic (exact) mass is 306 g/mol. The molecule has 1 atom stereocenters. The average molecular weight is 307 g/mol. The van der Waals surface area contributed by atoms with Crippen LogP contribution in [0.3, 0.4) is 0 Å². The van der Waals surface area contributed by atoms with Gasteiger partial charge in [-0.05, 0) is 30.0 Å². The van der Waals surface area contributed by atoms with Gasteiger partial charge in [0.2, 0.25) is 8.32 Å². The van der Waals surface area contributed by atoms with Crippen LogP contribution in [0, 0.1) is 0 Å². The standard InChI is InChI=1S/C15H19ClOSi2/c1-18(2,14-10-6-4-7-11-14)17-19(3,16)15-12-8-5-9-13-15/h4-13H,1-3H3. The van der Waals surface area contributed by atoms with E-state index in [2.05, 4.69) is 56.0 Å². The van der Waals surface area contributed by atoms with E-state index in [9.17, 15) is 0 Å². The quantitative estimate of drug-likeness (QED) is 0.622. The minimum atomic E-state index is -2.36. The Balaban J connectivity index is 2.25. The number of hydrogen-bond acceptors (Lipinski definition) is 1. The van der Waals surface area contributed by atoms with Gasteiger partial charge in [0.1, 0.15) is 0 Å². The van der Waals surface area contributed by atoms with Gasteiger partial charge in [0.25, 0.3) is 0 Å². The molecule has 1 unspecified atom stereocenters. The molecule has 2 rings (SSSR count). The lowest BCUT2D eigenvalue weighted by molar-refractivity contribution is 0.587. The molecule has 0 N–H and O–H groups in total. The van der Waals surface area contributed by atoms with Crippen molar-refractivity contribution in [1.82, 2.24) is 0 Å². The van der Waals surface area contributed by atoms with E-state index >= 15 is 0 Å². The topological polar surface area (TPSA) is 9.23 Å². The molecule has 2 aromatic carbocycles. The van der Waals surface area contributed by atoms with E-state index in [4.69, 9.17) is 15.2 Å². The minimum Gasteiger partial charge on any atom is -0.438 e. The third-order valence-corrected chi connectivity index (χ3v) is 11.2. The maximum atomic E-state index is 6.75. The van der Waals surface area contributed by atoms with Gasteiger partial charge in [-0.1, -0.05) is 60.7 Å². The lowest BCUT2D eigenvalue weighted by Crippen LogP contribution is -2.56. The van der Waals surface area contributed by atoms with E-state index in [1.54, 1.807) is 0 Å². The van der Waals surface area contributed by atoms with Crippen LogP contribution in [0.2, 0.25) is 19.6 Å². The van der Waals surface area contributed by atoms with Gasteiger partial charge in [-0.3, -0.25) is 0 Å². The first-order valence-electron chi connectivity index (χ1n) is 6.42. The van der Waals surface area contributed by atoms with Crippen LogP contribution < -0.4 is 10.4 Å². The zero-order valence-electron chi connectivity index (χ0n) is 11.6. The molecular weight excluding hydrogens is 288 g/mol. The second-order valence-electron chi connectivity index (χ2n) is 5.26. The Labute approximate surface area is 122 Å². The van der Waals surface area contributed by atoms with E-state index in [1.165, 1.54) is 5.19 Å². The number of rotatable bonds is 4. The van der Waals surface area contributed by atoms with Crippen molar-refractivity contribution < 1.29 is 4.12 Å². The van der Waals surface area contributed by atoms with Gasteiger partial charge in [0, 0.05) is 0 Å². The first-order valence-corrected chi connectivity index (χ1v) is 12.7. The van der Waals surface area contributed by atoms with Crippen LogP contribution in [0.5, 0.6) is 0 Å². The number of hydrogen-bond donors (Lipinski definition) is 0. The van der Waals surface area contributed by atoms with Gasteiger partial charge in [-0.25, -0.2) is 0 Å². The predicted octanol–water partition coefficient (Wildman–Crippen LogP) is 3.33. The SMILES string of the molecule is C[Si](C)(O[Si](C)(Cl)c1ccccc1)c1ccccc1. The summed E-state index contributed by atoms with van der Waals surface area (Å²) in [7, 11) is -4.33. The molecule has 0 radical (unpaired) electrons.